The van der Waals surface area contributed by atoms with Crippen molar-refractivity contribution in [1.29, 1.82) is 0 Å². The molecule has 0 bridgehead atoms. The van der Waals surface area contributed by atoms with Crippen molar-refractivity contribution in [2.45, 2.75) is 104 Å². The lowest BCUT2D eigenvalue weighted by Crippen LogP contribution is -2.30. The Morgan fingerprint density at radius 2 is 1.62 bits per heavy atom. The van der Waals surface area contributed by atoms with Gasteiger partial charge in [-0.15, -0.1) is 0 Å². The normalized spacial score (nSPS) is 27.5. The molecule has 1 aromatic rings. The summed E-state index contributed by atoms with van der Waals surface area (Å²) in [6.45, 7) is 4.44. The fraction of sp³-hybridized carbons (Fsp3) is 0.769. The summed E-state index contributed by atoms with van der Waals surface area (Å²) in [6, 6.07) is 3.86. The lowest BCUT2D eigenvalue weighted by Gasteiger charge is -2.37. The molecule has 0 atom stereocenters. The Hall–Kier alpha value is -1.38. The van der Waals surface area contributed by atoms with E-state index in [9.17, 15) is 4.79 Å². The lowest BCUT2D eigenvalue weighted by atomic mass is 9.68. The molecule has 0 unspecified atom stereocenters. The smallest absolute Gasteiger partial charge is 0.314 e. The summed E-state index contributed by atoms with van der Waals surface area (Å²) in [5.74, 6) is 3.36. The maximum absolute atomic E-state index is 12.6. The van der Waals surface area contributed by atoms with Crippen molar-refractivity contribution in [1.82, 2.24) is 4.98 Å². The average molecular weight is 400 g/mol. The molecule has 2 fully saturated rings. The van der Waals surface area contributed by atoms with Gasteiger partial charge < -0.3 is 4.74 Å². The van der Waals surface area contributed by atoms with Crippen LogP contribution in [-0.4, -0.2) is 11.0 Å². The number of carbonyl (C=O) groups is 1. The Morgan fingerprint density at radius 1 is 0.931 bits per heavy atom. The monoisotopic (exact) mass is 399 g/mol. The summed E-state index contributed by atoms with van der Waals surface area (Å²) in [7, 11) is 0. The minimum atomic E-state index is -0.0480. The fourth-order valence-corrected chi connectivity index (χ4v) is 5.53. The summed E-state index contributed by atoms with van der Waals surface area (Å²) in [4.78, 5) is 17.0. The van der Waals surface area contributed by atoms with Crippen LogP contribution in [0.4, 0.5) is 0 Å². The zero-order chi connectivity index (χ0) is 20.5. The first-order chi connectivity index (χ1) is 14.2. The molecule has 0 radical (unpaired) electrons. The Kier molecular flexibility index (Phi) is 9.01. The number of unbranched alkanes of at least 4 members (excludes halogenated alkanes) is 2. The average Bonchev–Trinajstić information content (AvgIpc) is 2.76. The van der Waals surface area contributed by atoms with Crippen molar-refractivity contribution in [3.8, 4) is 5.75 Å². The van der Waals surface area contributed by atoms with E-state index in [0.29, 0.717) is 5.75 Å². The van der Waals surface area contributed by atoms with Crippen LogP contribution in [0.15, 0.2) is 18.3 Å². The third-order valence-electron chi connectivity index (χ3n) is 7.40. The molecule has 3 rings (SSSR count). The molecule has 0 spiro atoms. The molecule has 0 N–H and O–H groups in total. The van der Waals surface area contributed by atoms with E-state index in [4.69, 9.17) is 4.74 Å². The highest BCUT2D eigenvalue weighted by atomic mass is 16.5. The number of hydrogen-bond donors (Lipinski definition) is 0. The van der Waals surface area contributed by atoms with Crippen LogP contribution < -0.4 is 4.74 Å². The van der Waals surface area contributed by atoms with Gasteiger partial charge in [0.25, 0.3) is 0 Å². The van der Waals surface area contributed by atoms with E-state index >= 15 is 0 Å². The topological polar surface area (TPSA) is 39.2 Å². The Bertz CT molecular complexity index is 596. The summed E-state index contributed by atoms with van der Waals surface area (Å²) >= 11 is 0. The predicted octanol–water partition coefficient (Wildman–Crippen LogP) is 7.13. The van der Waals surface area contributed by atoms with Crippen molar-refractivity contribution in [3.63, 3.8) is 0 Å². The zero-order valence-corrected chi connectivity index (χ0v) is 18.7. The molecule has 162 valence electrons. The number of aromatic nitrogens is 1. The van der Waals surface area contributed by atoms with E-state index in [-0.39, 0.29) is 11.9 Å². The SMILES string of the molecule is CCCCCC1CCC(C2CCC(C(=O)Oc3ccc(CCC)nc3)CC2)CC1. The molecule has 0 aromatic carbocycles. The third-order valence-corrected chi connectivity index (χ3v) is 7.40. The summed E-state index contributed by atoms with van der Waals surface area (Å²) in [6.07, 6.45) is 19.5. The number of esters is 1. The first-order valence-corrected chi connectivity index (χ1v) is 12.4. The van der Waals surface area contributed by atoms with Gasteiger partial charge in [0, 0.05) is 5.69 Å². The lowest BCUT2D eigenvalue weighted by molar-refractivity contribution is -0.140. The van der Waals surface area contributed by atoms with Gasteiger partial charge in [-0.05, 0) is 74.8 Å². The van der Waals surface area contributed by atoms with Gasteiger partial charge >= 0.3 is 5.97 Å². The minimum absolute atomic E-state index is 0.0480. The molecule has 2 saturated carbocycles. The number of ether oxygens (including phenoxy) is 1. The van der Waals surface area contributed by atoms with Gasteiger partial charge in [0.05, 0.1) is 12.1 Å². The second kappa shape index (κ2) is 11.7. The third kappa shape index (κ3) is 6.83. The van der Waals surface area contributed by atoms with Gasteiger partial charge in [-0.2, -0.15) is 0 Å². The molecular weight excluding hydrogens is 358 g/mol. The van der Waals surface area contributed by atoms with Gasteiger partial charge in [-0.1, -0.05) is 58.8 Å². The first-order valence-electron chi connectivity index (χ1n) is 12.4. The van der Waals surface area contributed by atoms with Crippen LogP contribution in [0.2, 0.25) is 0 Å². The highest BCUT2D eigenvalue weighted by Crippen LogP contribution is 2.42. The molecule has 1 heterocycles. The predicted molar refractivity (Wildman–Crippen MR) is 119 cm³/mol. The van der Waals surface area contributed by atoms with E-state index < -0.39 is 0 Å². The number of aryl methyl sites for hydroxylation is 1. The Labute approximate surface area is 178 Å². The van der Waals surface area contributed by atoms with Crippen molar-refractivity contribution < 1.29 is 9.53 Å². The van der Waals surface area contributed by atoms with Crippen LogP contribution in [0.5, 0.6) is 5.75 Å². The standard InChI is InChI=1S/C26H41NO2/c1-3-5-6-8-20-9-11-21(12-10-20)22-13-15-23(16-14-22)26(28)29-25-18-17-24(7-4-2)27-19-25/h17-23H,3-16H2,1-2H3. The molecule has 2 aliphatic carbocycles. The maximum Gasteiger partial charge on any atom is 0.314 e. The van der Waals surface area contributed by atoms with Crippen molar-refractivity contribution >= 4 is 5.97 Å². The molecule has 1 aromatic heterocycles. The number of hydrogen-bond acceptors (Lipinski definition) is 3. The first kappa shape index (κ1) is 22.3. The van der Waals surface area contributed by atoms with E-state index in [1.54, 1.807) is 6.20 Å². The zero-order valence-electron chi connectivity index (χ0n) is 18.7. The number of carbonyl (C=O) groups excluding carboxylic acids is 1. The Morgan fingerprint density at radius 3 is 2.21 bits per heavy atom. The molecule has 0 amide bonds. The molecule has 29 heavy (non-hydrogen) atoms. The summed E-state index contributed by atoms with van der Waals surface area (Å²) in [5.41, 5.74) is 1.06. The van der Waals surface area contributed by atoms with E-state index in [2.05, 4.69) is 18.8 Å². The van der Waals surface area contributed by atoms with E-state index in [1.807, 2.05) is 12.1 Å². The molecule has 3 nitrogen and oxygen atoms in total. The van der Waals surface area contributed by atoms with Gasteiger partial charge in [0.2, 0.25) is 0 Å². The highest BCUT2D eigenvalue weighted by molar-refractivity contribution is 5.75. The number of rotatable bonds is 9. The highest BCUT2D eigenvalue weighted by Gasteiger charge is 2.33. The van der Waals surface area contributed by atoms with Crippen LogP contribution in [0.1, 0.15) is 103 Å². The number of nitrogens with zero attached hydrogens (tertiary/aromatic N) is 1. The van der Waals surface area contributed by atoms with Crippen molar-refractivity contribution in [2.75, 3.05) is 0 Å². The fourth-order valence-electron chi connectivity index (χ4n) is 5.53. The molecule has 0 aliphatic heterocycles. The second-order valence-corrected chi connectivity index (χ2v) is 9.54. The quantitative estimate of drug-likeness (QED) is 0.327. The van der Waals surface area contributed by atoms with Gasteiger partial charge in [0.15, 0.2) is 0 Å². The molecule has 2 aliphatic rings. The van der Waals surface area contributed by atoms with E-state index in [0.717, 1.165) is 49.1 Å². The van der Waals surface area contributed by atoms with Crippen LogP contribution in [0, 0.1) is 23.7 Å². The second-order valence-electron chi connectivity index (χ2n) is 9.54. The molecule has 3 heteroatoms. The van der Waals surface area contributed by atoms with Gasteiger partial charge in [-0.3, -0.25) is 9.78 Å². The Balaban J connectivity index is 1.37. The van der Waals surface area contributed by atoms with Crippen LogP contribution in [0.3, 0.4) is 0 Å². The number of pyridine rings is 1. The van der Waals surface area contributed by atoms with Crippen molar-refractivity contribution in [3.05, 3.63) is 24.0 Å². The summed E-state index contributed by atoms with van der Waals surface area (Å²) in [5, 5.41) is 0. The largest absolute Gasteiger partial charge is 0.425 e. The van der Waals surface area contributed by atoms with Crippen molar-refractivity contribution in [2.24, 2.45) is 23.7 Å². The van der Waals surface area contributed by atoms with Crippen LogP contribution in [-0.2, 0) is 11.2 Å². The summed E-state index contributed by atoms with van der Waals surface area (Å²) < 4.78 is 5.63. The van der Waals surface area contributed by atoms with Gasteiger partial charge in [-0.25, -0.2) is 0 Å². The maximum atomic E-state index is 12.6. The van der Waals surface area contributed by atoms with E-state index in [1.165, 1.54) is 64.2 Å². The van der Waals surface area contributed by atoms with Crippen LogP contribution in [0.25, 0.3) is 0 Å². The molecular formula is C26H41NO2. The minimum Gasteiger partial charge on any atom is -0.425 e. The molecule has 0 saturated heterocycles. The van der Waals surface area contributed by atoms with Crippen LogP contribution >= 0.6 is 0 Å². The van der Waals surface area contributed by atoms with Gasteiger partial charge in [0.1, 0.15) is 5.75 Å².